The van der Waals surface area contributed by atoms with Crippen LogP contribution >= 0.6 is 0 Å². The predicted molar refractivity (Wildman–Crippen MR) is 138 cm³/mol. The number of allylic oxidation sites excluding steroid dienone is 4. The molecule has 0 saturated carbocycles. The van der Waals surface area contributed by atoms with Gasteiger partial charge in [-0.1, -0.05) is 56.0 Å². The number of primary amides is 1. The van der Waals surface area contributed by atoms with E-state index in [2.05, 4.69) is 16.9 Å². The van der Waals surface area contributed by atoms with Crippen LogP contribution in [-0.4, -0.2) is 16.8 Å². The quantitative estimate of drug-likeness (QED) is 0.423. The Morgan fingerprint density at radius 3 is 2.47 bits per heavy atom. The Labute approximate surface area is 210 Å². The smallest absolute Gasteiger partial charge is 0.254 e. The predicted octanol–water partition coefficient (Wildman–Crippen LogP) is 4.92. The third-order valence-electron chi connectivity index (χ3n) is 5.66. The summed E-state index contributed by atoms with van der Waals surface area (Å²) in [6, 6.07) is 20.5. The van der Waals surface area contributed by atoms with E-state index < -0.39 is 5.91 Å². The molecule has 1 heterocycles. The van der Waals surface area contributed by atoms with Crippen molar-refractivity contribution in [1.82, 2.24) is 10.3 Å². The Morgan fingerprint density at radius 1 is 1.06 bits per heavy atom. The highest BCUT2D eigenvalue weighted by Gasteiger charge is 2.21. The van der Waals surface area contributed by atoms with Crippen molar-refractivity contribution < 1.29 is 19.1 Å². The highest BCUT2D eigenvalue weighted by atomic mass is 16.5. The number of nitrogens with one attached hydrogen (secondary N) is 1. The molecule has 4 rings (SSSR count). The van der Waals surface area contributed by atoms with E-state index in [1.807, 2.05) is 73.7 Å². The molecular weight excluding hydrogens is 454 g/mol. The zero-order chi connectivity index (χ0) is 25.5. The lowest BCUT2D eigenvalue weighted by Crippen LogP contribution is -2.19. The van der Waals surface area contributed by atoms with Crippen LogP contribution in [0.5, 0.6) is 11.6 Å². The number of hydrogen-bond donors (Lipinski definition) is 2. The number of pyridine rings is 1. The summed E-state index contributed by atoms with van der Waals surface area (Å²) in [5.74, 6) is 1.63. The van der Waals surface area contributed by atoms with Gasteiger partial charge in [0.1, 0.15) is 22.8 Å². The maximum absolute atomic E-state index is 12.0. The minimum atomic E-state index is -0.620. The van der Waals surface area contributed by atoms with Gasteiger partial charge in [0, 0.05) is 24.4 Å². The molecule has 2 amide bonds. The molecule has 0 radical (unpaired) electrons. The third kappa shape index (κ3) is 6.07. The second-order valence-electron chi connectivity index (χ2n) is 8.36. The number of amides is 2. The number of carbonyl (C=O) groups is 2. The van der Waals surface area contributed by atoms with Gasteiger partial charge in [0.25, 0.3) is 5.91 Å². The number of ether oxygens (including phenoxy) is 2. The first-order chi connectivity index (χ1) is 17.4. The lowest BCUT2D eigenvalue weighted by atomic mass is 9.99. The summed E-state index contributed by atoms with van der Waals surface area (Å²) in [6.45, 7) is 5.88. The fraction of sp³-hybridized carbons (Fsp3) is 0.138. The molecule has 3 aromatic rings. The number of aromatic nitrogens is 1. The van der Waals surface area contributed by atoms with Gasteiger partial charge in [-0.05, 0) is 48.1 Å². The highest BCUT2D eigenvalue weighted by Crippen LogP contribution is 2.31. The summed E-state index contributed by atoms with van der Waals surface area (Å²) in [5, 5.41) is 2.74. The van der Waals surface area contributed by atoms with Gasteiger partial charge in [0.05, 0.1) is 5.69 Å². The molecule has 0 fully saturated rings. The zero-order valence-electron chi connectivity index (χ0n) is 19.9. The Morgan fingerprint density at radius 2 is 1.81 bits per heavy atom. The van der Waals surface area contributed by atoms with Crippen molar-refractivity contribution in [3.63, 3.8) is 0 Å². The topological polar surface area (TPSA) is 104 Å². The second-order valence-corrected chi connectivity index (χ2v) is 8.36. The molecule has 1 aliphatic carbocycles. The van der Waals surface area contributed by atoms with Crippen LogP contribution in [0, 0.1) is 5.92 Å². The molecule has 36 heavy (non-hydrogen) atoms. The molecule has 0 saturated heterocycles. The standard InChI is InChI=1S/C29H27N3O4/c1-3-27(33)31-18-20-9-11-21(12-10-20)25-15-14-24(28(30)34)29(32-25)36-23-13-16-26(19(2)17-23)35-22-7-5-4-6-8-22/h3-16,19H,1,17-18H2,2H3,(H2,30,34)(H,31,33). The van der Waals surface area contributed by atoms with Crippen LogP contribution in [0.1, 0.15) is 29.3 Å². The lowest BCUT2D eigenvalue weighted by molar-refractivity contribution is -0.116. The molecule has 7 nitrogen and oxygen atoms in total. The summed E-state index contributed by atoms with van der Waals surface area (Å²) in [6.07, 6.45) is 5.50. The molecule has 0 aliphatic heterocycles. The van der Waals surface area contributed by atoms with Gasteiger partial charge in [-0.25, -0.2) is 4.98 Å². The molecule has 1 unspecified atom stereocenters. The molecule has 0 spiro atoms. The van der Waals surface area contributed by atoms with Crippen LogP contribution in [0.3, 0.4) is 0 Å². The van der Waals surface area contributed by atoms with Crippen molar-refractivity contribution in [2.75, 3.05) is 0 Å². The van der Waals surface area contributed by atoms with E-state index in [-0.39, 0.29) is 23.3 Å². The average Bonchev–Trinajstić information content (AvgIpc) is 2.89. The maximum Gasteiger partial charge on any atom is 0.254 e. The van der Waals surface area contributed by atoms with E-state index in [4.69, 9.17) is 15.2 Å². The Balaban J connectivity index is 1.53. The molecule has 3 N–H and O–H groups in total. The number of carbonyl (C=O) groups excluding carboxylic acids is 2. The van der Waals surface area contributed by atoms with Gasteiger partial charge in [-0.3, -0.25) is 9.59 Å². The normalized spacial score (nSPS) is 14.8. The van der Waals surface area contributed by atoms with Gasteiger partial charge in [0.15, 0.2) is 0 Å². The summed E-state index contributed by atoms with van der Waals surface area (Å²) in [5.41, 5.74) is 8.17. The first-order valence-electron chi connectivity index (χ1n) is 11.5. The van der Waals surface area contributed by atoms with Crippen molar-refractivity contribution in [2.45, 2.75) is 19.9 Å². The highest BCUT2D eigenvalue weighted by molar-refractivity contribution is 5.95. The molecule has 182 valence electrons. The first kappa shape index (κ1) is 24.5. The van der Waals surface area contributed by atoms with Crippen LogP contribution in [0.15, 0.2) is 103 Å². The fourth-order valence-corrected chi connectivity index (χ4v) is 3.69. The Kier molecular flexibility index (Phi) is 7.60. The first-order valence-corrected chi connectivity index (χ1v) is 11.5. The second kappa shape index (κ2) is 11.2. The minimum Gasteiger partial charge on any atom is -0.461 e. The van der Waals surface area contributed by atoms with Crippen molar-refractivity contribution in [2.24, 2.45) is 11.7 Å². The van der Waals surface area contributed by atoms with Crippen LogP contribution in [-0.2, 0) is 11.3 Å². The molecule has 0 bridgehead atoms. The van der Waals surface area contributed by atoms with E-state index in [9.17, 15) is 9.59 Å². The van der Waals surface area contributed by atoms with E-state index in [0.717, 1.165) is 22.6 Å². The van der Waals surface area contributed by atoms with Gasteiger partial charge in [-0.15, -0.1) is 0 Å². The molecular formula is C29H27N3O4. The van der Waals surface area contributed by atoms with E-state index in [0.29, 0.717) is 24.4 Å². The van der Waals surface area contributed by atoms with Gasteiger partial charge < -0.3 is 20.5 Å². The monoisotopic (exact) mass is 481 g/mol. The summed E-state index contributed by atoms with van der Waals surface area (Å²) >= 11 is 0. The van der Waals surface area contributed by atoms with Crippen LogP contribution in [0.2, 0.25) is 0 Å². The number of nitrogens with zero attached hydrogens (tertiary/aromatic N) is 1. The van der Waals surface area contributed by atoms with Crippen LogP contribution in [0.25, 0.3) is 11.3 Å². The van der Waals surface area contributed by atoms with Crippen LogP contribution < -0.4 is 20.5 Å². The molecule has 7 heteroatoms. The summed E-state index contributed by atoms with van der Waals surface area (Å²) < 4.78 is 12.1. The van der Waals surface area contributed by atoms with Gasteiger partial charge >= 0.3 is 0 Å². The van der Waals surface area contributed by atoms with Crippen LogP contribution in [0.4, 0.5) is 0 Å². The van der Waals surface area contributed by atoms with E-state index in [1.165, 1.54) is 6.08 Å². The number of rotatable bonds is 9. The SMILES string of the molecule is C=CC(=O)NCc1ccc(-c2ccc(C(N)=O)c(OC3=CC=C(Oc4ccccc4)C(C)C3)n2)cc1. The van der Waals surface area contributed by atoms with Gasteiger partial charge in [0.2, 0.25) is 11.8 Å². The van der Waals surface area contributed by atoms with Crippen molar-refractivity contribution in [1.29, 1.82) is 0 Å². The minimum absolute atomic E-state index is 0.0690. The fourth-order valence-electron chi connectivity index (χ4n) is 3.69. The zero-order valence-corrected chi connectivity index (χ0v) is 19.9. The lowest BCUT2D eigenvalue weighted by Gasteiger charge is -2.22. The number of benzene rings is 2. The largest absolute Gasteiger partial charge is 0.461 e. The molecule has 1 atom stereocenters. The Bertz CT molecular complexity index is 1330. The average molecular weight is 482 g/mol. The molecule has 1 aromatic heterocycles. The summed E-state index contributed by atoms with van der Waals surface area (Å²) in [4.78, 5) is 28.0. The molecule has 2 aromatic carbocycles. The summed E-state index contributed by atoms with van der Waals surface area (Å²) in [7, 11) is 0. The number of nitrogens with two attached hydrogens (primary N) is 1. The van der Waals surface area contributed by atoms with Crippen molar-refractivity contribution in [3.05, 3.63) is 114 Å². The maximum atomic E-state index is 12.0. The molecule has 1 aliphatic rings. The van der Waals surface area contributed by atoms with Crippen molar-refractivity contribution >= 4 is 11.8 Å². The Hall–Kier alpha value is -4.65. The van der Waals surface area contributed by atoms with Gasteiger partial charge in [-0.2, -0.15) is 0 Å². The third-order valence-corrected chi connectivity index (χ3v) is 5.66. The van der Waals surface area contributed by atoms with E-state index >= 15 is 0 Å². The number of para-hydroxylation sites is 1. The van der Waals surface area contributed by atoms with Crippen molar-refractivity contribution in [3.8, 4) is 22.9 Å². The number of hydrogen-bond acceptors (Lipinski definition) is 5. The van der Waals surface area contributed by atoms with E-state index in [1.54, 1.807) is 12.1 Å².